The van der Waals surface area contributed by atoms with E-state index in [2.05, 4.69) is 26.0 Å². The third-order valence-electron chi connectivity index (χ3n) is 2.26. The Bertz CT molecular complexity index is 577. The van der Waals surface area contributed by atoms with Crippen molar-refractivity contribution < 1.29 is 13.2 Å². The lowest BCUT2D eigenvalue weighted by atomic mass is 10.3. The summed E-state index contributed by atoms with van der Waals surface area (Å²) in [5.74, 6) is -0.390. The largest absolute Gasteiger partial charge is 0.355 e. The molecule has 0 aliphatic carbocycles. The molecule has 0 aliphatic rings. The molecule has 0 bridgehead atoms. The summed E-state index contributed by atoms with van der Waals surface area (Å²) in [5, 5.41) is 2.62. The number of amides is 1. The van der Waals surface area contributed by atoms with E-state index >= 15 is 0 Å². The molecular weight excluding hydrogens is 356 g/mol. The van der Waals surface area contributed by atoms with Crippen LogP contribution in [0, 0.1) is 0 Å². The maximum absolute atomic E-state index is 12.1. The fourth-order valence-electron chi connectivity index (χ4n) is 1.37. The lowest BCUT2D eigenvalue weighted by molar-refractivity contribution is -0.122. The van der Waals surface area contributed by atoms with Crippen LogP contribution in [0.15, 0.2) is 27.6 Å². The summed E-state index contributed by atoms with van der Waals surface area (Å²) in [5.41, 5.74) is 0. The fourth-order valence-corrected chi connectivity index (χ4v) is 3.61. The molecule has 106 valence electrons. The van der Waals surface area contributed by atoms with Gasteiger partial charge in [0.15, 0.2) is 0 Å². The zero-order valence-corrected chi connectivity index (χ0v) is 13.6. The van der Waals surface area contributed by atoms with Gasteiger partial charge in [-0.15, -0.1) is 0 Å². The van der Waals surface area contributed by atoms with Crippen molar-refractivity contribution in [2.75, 3.05) is 6.54 Å². The zero-order chi connectivity index (χ0) is 14.6. The Labute approximate surface area is 125 Å². The molecule has 0 radical (unpaired) electrons. The maximum Gasteiger partial charge on any atom is 0.242 e. The van der Waals surface area contributed by atoms with Gasteiger partial charge in [0.2, 0.25) is 15.9 Å². The molecule has 0 spiro atoms. The molecule has 1 rings (SSSR count). The molecule has 1 amide bonds. The number of hydrogen-bond donors (Lipinski definition) is 2. The standard InChI is InChI=1S/C11H14BrClN2O3S/c1-3-14-11(16)7(2)15-19(17,18)10-5-4-8(12)6-9(10)13/h4-7,15H,3H2,1-2H3,(H,14,16)/t7-/m0/s1. The van der Waals surface area contributed by atoms with Crippen LogP contribution in [0.3, 0.4) is 0 Å². The molecule has 19 heavy (non-hydrogen) atoms. The van der Waals surface area contributed by atoms with E-state index in [1.807, 2.05) is 0 Å². The predicted octanol–water partition coefficient (Wildman–Crippen LogP) is 1.91. The Hall–Kier alpha value is -0.630. The van der Waals surface area contributed by atoms with Crippen LogP contribution in [0.4, 0.5) is 0 Å². The van der Waals surface area contributed by atoms with E-state index < -0.39 is 16.1 Å². The second-order valence-electron chi connectivity index (χ2n) is 3.81. The van der Waals surface area contributed by atoms with Crippen LogP contribution in [0.5, 0.6) is 0 Å². The second kappa shape index (κ2) is 6.69. The summed E-state index contributed by atoms with van der Waals surface area (Å²) in [7, 11) is -3.83. The van der Waals surface area contributed by atoms with Crippen LogP contribution in [-0.4, -0.2) is 26.9 Å². The van der Waals surface area contributed by atoms with E-state index in [1.165, 1.54) is 19.1 Å². The topological polar surface area (TPSA) is 75.3 Å². The van der Waals surface area contributed by atoms with Crippen LogP contribution in [0.2, 0.25) is 5.02 Å². The van der Waals surface area contributed by atoms with Crippen LogP contribution in [0.25, 0.3) is 0 Å². The average Bonchev–Trinajstić information content (AvgIpc) is 2.27. The van der Waals surface area contributed by atoms with E-state index in [0.29, 0.717) is 11.0 Å². The molecule has 0 aromatic heterocycles. The van der Waals surface area contributed by atoms with E-state index in [1.54, 1.807) is 13.0 Å². The van der Waals surface area contributed by atoms with Gasteiger partial charge in [-0.1, -0.05) is 27.5 Å². The summed E-state index contributed by atoms with van der Waals surface area (Å²) in [4.78, 5) is 11.5. The van der Waals surface area contributed by atoms with Gasteiger partial charge in [0.25, 0.3) is 0 Å². The molecule has 1 atom stereocenters. The minimum Gasteiger partial charge on any atom is -0.355 e. The fraction of sp³-hybridized carbons (Fsp3) is 0.364. The number of rotatable bonds is 5. The molecule has 8 heteroatoms. The first-order chi connectivity index (χ1) is 8.77. The lowest BCUT2D eigenvalue weighted by Gasteiger charge is -2.14. The van der Waals surface area contributed by atoms with Crippen molar-refractivity contribution in [1.82, 2.24) is 10.0 Å². The SMILES string of the molecule is CCNC(=O)[C@H](C)NS(=O)(=O)c1ccc(Br)cc1Cl. The highest BCUT2D eigenvalue weighted by Gasteiger charge is 2.23. The Morgan fingerprint density at radius 1 is 1.47 bits per heavy atom. The van der Waals surface area contributed by atoms with Crippen LogP contribution in [0.1, 0.15) is 13.8 Å². The normalized spacial score (nSPS) is 13.1. The van der Waals surface area contributed by atoms with Gasteiger partial charge in [0.05, 0.1) is 11.1 Å². The molecule has 0 unspecified atom stereocenters. The quantitative estimate of drug-likeness (QED) is 0.832. The van der Waals surface area contributed by atoms with Gasteiger partial charge in [0, 0.05) is 11.0 Å². The molecular formula is C11H14BrClN2O3S. The van der Waals surface area contributed by atoms with Gasteiger partial charge in [-0.05, 0) is 32.0 Å². The van der Waals surface area contributed by atoms with Crippen molar-refractivity contribution in [2.45, 2.75) is 24.8 Å². The molecule has 0 saturated carbocycles. The Morgan fingerprint density at radius 2 is 2.11 bits per heavy atom. The molecule has 0 saturated heterocycles. The van der Waals surface area contributed by atoms with Gasteiger partial charge in [-0.2, -0.15) is 4.72 Å². The zero-order valence-electron chi connectivity index (χ0n) is 10.4. The first-order valence-electron chi connectivity index (χ1n) is 5.53. The van der Waals surface area contributed by atoms with E-state index in [9.17, 15) is 13.2 Å². The molecule has 0 heterocycles. The summed E-state index contributed by atoms with van der Waals surface area (Å²) in [6, 6.07) is 3.55. The highest BCUT2D eigenvalue weighted by atomic mass is 79.9. The number of benzene rings is 1. The summed E-state index contributed by atoms with van der Waals surface area (Å²) >= 11 is 9.08. The molecule has 1 aromatic carbocycles. The van der Waals surface area contributed by atoms with E-state index in [-0.39, 0.29) is 15.8 Å². The average molecular weight is 370 g/mol. The highest BCUT2D eigenvalue weighted by Crippen LogP contribution is 2.25. The molecule has 1 aromatic rings. The molecule has 0 fully saturated rings. The Morgan fingerprint density at radius 3 is 2.63 bits per heavy atom. The minimum absolute atomic E-state index is 0.0616. The molecule has 5 nitrogen and oxygen atoms in total. The van der Waals surface area contributed by atoms with Crippen molar-refractivity contribution >= 4 is 43.5 Å². The Kier molecular flexibility index (Phi) is 5.79. The van der Waals surface area contributed by atoms with Gasteiger partial charge in [0.1, 0.15) is 4.90 Å². The van der Waals surface area contributed by atoms with Gasteiger partial charge in [-0.25, -0.2) is 8.42 Å². The van der Waals surface area contributed by atoms with Gasteiger partial charge < -0.3 is 5.32 Å². The monoisotopic (exact) mass is 368 g/mol. The third kappa shape index (κ3) is 4.45. The number of likely N-dealkylation sites (N-methyl/N-ethyl adjacent to an activating group) is 1. The van der Waals surface area contributed by atoms with Gasteiger partial charge >= 0.3 is 0 Å². The highest BCUT2D eigenvalue weighted by molar-refractivity contribution is 9.10. The van der Waals surface area contributed by atoms with Crippen LogP contribution < -0.4 is 10.0 Å². The van der Waals surface area contributed by atoms with Gasteiger partial charge in [-0.3, -0.25) is 4.79 Å². The van der Waals surface area contributed by atoms with Crippen molar-refractivity contribution in [3.8, 4) is 0 Å². The molecule has 2 N–H and O–H groups in total. The van der Waals surface area contributed by atoms with Crippen molar-refractivity contribution in [2.24, 2.45) is 0 Å². The number of hydrogen-bond acceptors (Lipinski definition) is 3. The van der Waals surface area contributed by atoms with Crippen molar-refractivity contribution in [3.63, 3.8) is 0 Å². The third-order valence-corrected chi connectivity index (χ3v) is 4.78. The number of halogens is 2. The van der Waals surface area contributed by atoms with Crippen molar-refractivity contribution in [1.29, 1.82) is 0 Å². The number of carbonyl (C=O) groups excluding carboxylic acids is 1. The van der Waals surface area contributed by atoms with Crippen LogP contribution in [-0.2, 0) is 14.8 Å². The first kappa shape index (κ1) is 16.4. The minimum atomic E-state index is -3.83. The van der Waals surface area contributed by atoms with E-state index in [0.717, 1.165) is 0 Å². The Balaban J connectivity index is 2.95. The summed E-state index contributed by atoms with van der Waals surface area (Å²) < 4.78 is 27.1. The number of nitrogens with one attached hydrogen (secondary N) is 2. The first-order valence-corrected chi connectivity index (χ1v) is 8.18. The predicted molar refractivity (Wildman–Crippen MR) is 77.6 cm³/mol. The van der Waals surface area contributed by atoms with E-state index in [4.69, 9.17) is 11.6 Å². The number of sulfonamides is 1. The smallest absolute Gasteiger partial charge is 0.242 e. The van der Waals surface area contributed by atoms with Crippen molar-refractivity contribution in [3.05, 3.63) is 27.7 Å². The molecule has 0 aliphatic heterocycles. The summed E-state index contributed by atoms with van der Waals surface area (Å²) in [6.45, 7) is 3.66. The number of carbonyl (C=O) groups is 1. The lowest BCUT2D eigenvalue weighted by Crippen LogP contribution is -2.44. The maximum atomic E-state index is 12.1. The second-order valence-corrected chi connectivity index (χ2v) is 6.82. The summed E-state index contributed by atoms with van der Waals surface area (Å²) in [6.07, 6.45) is 0. The van der Waals surface area contributed by atoms with Crippen LogP contribution >= 0.6 is 27.5 Å².